The minimum Gasteiger partial charge on any atom is -0.394 e. The summed E-state index contributed by atoms with van der Waals surface area (Å²) in [7, 11) is 0. The number of carbonyl (C=O) groups excluding carboxylic acids is 1. The molecule has 0 aromatic heterocycles. The highest BCUT2D eigenvalue weighted by Crippen LogP contribution is 2.17. The van der Waals surface area contributed by atoms with E-state index in [1.54, 1.807) is 0 Å². The molecule has 0 aliphatic heterocycles. The van der Waals surface area contributed by atoms with Crippen molar-refractivity contribution in [3.05, 3.63) is 0 Å². The number of aliphatic hydroxyl groups excluding tert-OH is 2. The van der Waals surface area contributed by atoms with Gasteiger partial charge >= 0.3 is 0 Å². The van der Waals surface area contributed by atoms with Gasteiger partial charge < -0.3 is 15.9 Å². The summed E-state index contributed by atoms with van der Waals surface area (Å²) in [6, 6.07) is 0. The highest BCUT2D eigenvalue weighted by atomic mass is 16.3. The van der Waals surface area contributed by atoms with E-state index in [2.05, 4.69) is 6.92 Å². The summed E-state index contributed by atoms with van der Waals surface area (Å²) in [5.41, 5.74) is 5.30. The van der Waals surface area contributed by atoms with Crippen LogP contribution in [0.15, 0.2) is 0 Å². The number of amides is 1. The van der Waals surface area contributed by atoms with Crippen molar-refractivity contribution < 1.29 is 15.0 Å². The predicted molar refractivity (Wildman–Crippen MR) is 77.6 cm³/mol. The van der Waals surface area contributed by atoms with Gasteiger partial charge in [0.15, 0.2) is 0 Å². The first-order valence-corrected chi connectivity index (χ1v) is 7.70. The van der Waals surface area contributed by atoms with Gasteiger partial charge in [0.25, 0.3) is 0 Å². The number of rotatable bonds is 13. The summed E-state index contributed by atoms with van der Waals surface area (Å²) in [6.07, 6.45) is 9.95. The van der Waals surface area contributed by atoms with E-state index in [4.69, 9.17) is 10.8 Å². The van der Waals surface area contributed by atoms with Crippen LogP contribution in [0, 0.1) is 5.92 Å². The number of primary amides is 1. The van der Waals surface area contributed by atoms with Gasteiger partial charge in [-0.3, -0.25) is 4.79 Å². The Hall–Kier alpha value is -0.610. The van der Waals surface area contributed by atoms with Crippen LogP contribution in [0.25, 0.3) is 0 Å². The van der Waals surface area contributed by atoms with E-state index >= 15 is 0 Å². The van der Waals surface area contributed by atoms with Crippen molar-refractivity contribution in [2.75, 3.05) is 6.61 Å². The Bertz CT molecular complexity index is 221. The van der Waals surface area contributed by atoms with Crippen molar-refractivity contribution in [2.45, 2.75) is 77.2 Å². The molecule has 4 heteroatoms. The number of hydrogen-bond donors (Lipinski definition) is 3. The lowest BCUT2D eigenvalue weighted by molar-refractivity contribution is -0.123. The summed E-state index contributed by atoms with van der Waals surface area (Å²) in [6.45, 7) is 1.91. The van der Waals surface area contributed by atoms with E-state index in [9.17, 15) is 9.90 Å². The third-order valence-electron chi connectivity index (χ3n) is 3.58. The average Bonchev–Trinajstić information content (AvgIpc) is 2.39. The van der Waals surface area contributed by atoms with Crippen LogP contribution in [0.4, 0.5) is 0 Å². The Morgan fingerprint density at radius 3 is 2.05 bits per heavy atom. The van der Waals surface area contributed by atoms with Crippen molar-refractivity contribution in [1.29, 1.82) is 0 Å². The maximum Gasteiger partial charge on any atom is 0.220 e. The highest BCUT2D eigenvalue weighted by Gasteiger charge is 2.18. The molecule has 2 unspecified atom stereocenters. The van der Waals surface area contributed by atoms with E-state index in [0.29, 0.717) is 0 Å². The first-order chi connectivity index (χ1) is 9.11. The molecular formula is C15H31NO3. The Morgan fingerprint density at radius 1 is 1.05 bits per heavy atom. The molecule has 0 aliphatic rings. The van der Waals surface area contributed by atoms with Gasteiger partial charge in [-0.05, 0) is 12.8 Å². The Labute approximate surface area is 117 Å². The Morgan fingerprint density at radius 2 is 1.58 bits per heavy atom. The quantitative estimate of drug-likeness (QED) is 0.450. The number of aliphatic hydroxyl groups is 2. The average molecular weight is 273 g/mol. The van der Waals surface area contributed by atoms with E-state index in [-0.39, 0.29) is 24.9 Å². The fourth-order valence-corrected chi connectivity index (χ4v) is 2.30. The first kappa shape index (κ1) is 18.4. The maximum absolute atomic E-state index is 11.2. The molecular weight excluding hydrogens is 242 g/mol. The van der Waals surface area contributed by atoms with Gasteiger partial charge in [0.05, 0.1) is 12.7 Å². The largest absolute Gasteiger partial charge is 0.394 e. The molecule has 2 atom stereocenters. The van der Waals surface area contributed by atoms with Gasteiger partial charge in [-0.15, -0.1) is 0 Å². The first-order valence-electron chi connectivity index (χ1n) is 7.70. The standard InChI is InChI=1S/C15H31NO3/c1-2-3-4-5-6-7-8-9-10-13(15(16)19)11-14(18)12-17/h13-14,17-18H,2-12H2,1H3,(H2,16,19). The Balaban J connectivity index is 3.56. The number of carbonyl (C=O) groups is 1. The minimum absolute atomic E-state index is 0.280. The second kappa shape index (κ2) is 12.4. The minimum atomic E-state index is -0.827. The SMILES string of the molecule is CCCCCCCCCCC(CC(O)CO)C(N)=O. The van der Waals surface area contributed by atoms with Gasteiger partial charge in [-0.25, -0.2) is 0 Å². The summed E-state index contributed by atoms with van der Waals surface area (Å²) in [5.74, 6) is -0.669. The lowest BCUT2D eigenvalue weighted by Crippen LogP contribution is -2.28. The van der Waals surface area contributed by atoms with Gasteiger partial charge in [0, 0.05) is 5.92 Å². The number of unbranched alkanes of at least 4 members (excludes halogenated alkanes) is 7. The lowest BCUT2D eigenvalue weighted by Gasteiger charge is -2.15. The summed E-state index contributed by atoms with van der Waals surface area (Å²) in [4.78, 5) is 11.2. The smallest absolute Gasteiger partial charge is 0.220 e. The third-order valence-corrected chi connectivity index (χ3v) is 3.58. The van der Waals surface area contributed by atoms with Crippen LogP contribution in [-0.4, -0.2) is 28.8 Å². The molecule has 4 N–H and O–H groups in total. The molecule has 19 heavy (non-hydrogen) atoms. The van der Waals surface area contributed by atoms with Crippen LogP contribution in [0.5, 0.6) is 0 Å². The summed E-state index contributed by atoms with van der Waals surface area (Å²) >= 11 is 0. The molecule has 0 saturated heterocycles. The third kappa shape index (κ3) is 11.0. The van der Waals surface area contributed by atoms with E-state index in [0.717, 1.165) is 19.3 Å². The highest BCUT2D eigenvalue weighted by molar-refractivity contribution is 5.76. The van der Waals surface area contributed by atoms with Gasteiger partial charge in [-0.1, -0.05) is 58.3 Å². The van der Waals surface area contributed by atoms with Gasteiger partial charge in [0.2, 0.25) is 5.91 Å². The second-order valence-corrected chi connectivity index (χ2v) is 5.43. The van der Waals surface area contributed by atoms with Crippen molar-refractivity contribution in [1.82, 2.24) is 0 Å². The number of hydrogen-bond acceptors (Lipinski definition) is 3. The van der Waals surface area contributed by atoms with Crippen LogP contribution < -0.4 is 5.73 Å². The normalized spacial score (nSPS) is 14.3. The molecule has 0 heterocycles. The van der Waals surface area contributed by atoms with Crippen LogP contribution in [0.1, 0.15) is 71.1 Å². The molecule has 0 aliphatic carbocycles. The fourth-order valence-electron chi connectivity index (χ4n) is 2.30. The molecule has 0 bridgehead atoms. The van der Waals surface area contributed by atoms with Crippen LogP contribution in [0.2, 0.25) is 0 Å². The van der Waals surface area contributed by atoms with E-state index < -0.39 is 6.10 Å². The van der Waals surface area contributed by atoms with Gasteiger partial charge in [-0.2, -0.15) is 0 Å². The Kier molecular flexibility index (Phi) is 12.0. The van der Waals surface area contributed by atoms with Crippen LogP contribution in [-0.2, 0) is 4.79 Å². The molecule has 114 valence electrons. The monoisotopic (exact) mass is 273 g/mol. The molecule has 0 rings (SSSR count). The van der Waals surface area contributed by atoms with Crippen LogP contribution in [0.3, 0.4) is 0 Å². The fraction of sp³-hybridized carbons (Fsp3) is 0.933. The van der Waals surface area contributed by atoms with Crippen molar-refractivity contribution >= 4 is 5.91 Å². The molecule has 0 aromatic carbocycles. The zero-order chi connectivity index (χ0) is 14.5. The second-order valence-electron chi connectivity index (χ2n) is 5.43. The molecule has 1 amide bonds. The van der Waals surface area contributed by atoms with Crippen LogP contribution >= 0.6 is 0 Å². The topological polar surface area (TPSA) is 83.6 Å². The molecule has 0 radical (unpaired) electrons. The number of nitrogens with two attached hydrogens (primary N) is 1. The molecule has 0 fully saturated rings. The lowest BCUT2D eigenvalue weighted by atomic mass is 9.94. The maximum atomic E-state index is 11.2. The zero-order valence-electron chi connectivity index (χ0n) is 12.3. The molecule has 0 aromatic rings. The van der Waals surface area contributed by atoms with Crippen molar-refractivity contribution in [2.24, 2.45) is 11.7 Å². The summed E-state index contributed by atoms with van der Waals surface area (Å²) < 4.78 is 0. The van der Waals surface area contributed by atoms with Gasteiger partial charge in [0.1, 0.15) is 0 Å². The summed E-state index contributed by atoms with van der Waals surface area (Å²) in [5, 5.41) is 18.1. The zero-order valence-corrected chi connectivity index (χ0v) is 12.3. The van der Waals surface area contributed by atoms with Crippen molar-refractivity contribution in [3.8, 4) is 0 Å². The predicted octanol–water partition coefficient (Wildman–Crippen LogP) is 2.36. The van der Waals surface area contributed by atoms with Crippen molar-refractivity contribution in [3.63, 3.8) is 0 Å². The molecule has 0 spiro atoms. The van der Waals surface area contributed by atoms with E-state index in [1.165, 1.54) is 38.5 Å². The van der Waals surface area contributed by atoms with E-state index in [1.807, 2.05) is 0 Å². The molecule has 0 saturated carbocycles. The molecule has 4 nitrogen and oxygen atoms in total.